The quantitative estimate of drug-likeness (QED) is 0.264. The molecule has 0 heterocycles. The maximum Gasteiger partial charge on any atom is 0.331 e. The summed E-state index contributed by atoms with van der Waals surface area (Å²) in [7, 11) is 0. The minimum absolute atomic E-state index is 0.113. The van der Waals surface area contributed by atoms with Crippen LogP contribution in [0.25, 0.3) is 6.08 Å². The lowest BCUT2D eigenvalue weighted by Gasteiger charge is -2.06. The van der Waals surface area contributed by atoms with E-state index < -0.39 is 10.9 Å². The fourth-order valence-electron chi connectivity index (χ4n) is 2.34. The van der Waals surface area contributed by atoms with Crippen LogP contribution in [0.1, 0.15) is 27.0 Å². The molecule has 0 N–H and O–H groups in total. The third kappa shape index (κ3) is 4.84. The monoisotopic (exact) mass is 339 g/mol. The summed E-state index contributed by atoms with van der Waals surface area (Å²) in [5.41, 5.74) is 2.53. The van der Waals surface area contributed by atoms with Gasteiger partial charge in [-0.05, 0) is 31.6 Å². The van der Waals surface area contributed by atoms with Crippen molar-refractivity contribution < 1.29 is 19.2 Å². The molecule has 0 aliphatic heterocycles. The number of rotatable bonds is 6. The zero-order chi connectivity index (χ0) is 18.4. The van der Waals surface area contributed by atoms with Crippen molar-refractivity contribution in [1.82, 2.24) is 0 Å². The highest BCUT2D eigenvalue weighted by atomic mass is 16.6. The lowest BCUT2D eigenvalue weighted by atomic mass is 10.0. The summed E-state index contributed by atoms with van der Waals surface area (Å²) in [5.74, 6) is -1.04. The number of nitrogens with zero attached hydrogens (tertiary/aromatic N) is 1. The lowest BCUT2D eigenvalue weighted by molar-refractivity contribution is -0.385. The van der Waals surface area contributed by atoms with Gasteiger partial charge in [-0.2, -0.15) is 0 Å². The maximum absolute atomic E-state index is 12.1. The Bertz CT molecular complexity index is 855. The zero-order valence-electron chi connectivity index (χ0n) is 13.9. The first-order valence-electron chi connectivity index (χ1n) is 7.57. The number of nitro benzene ring substituents is 1. The number of nitro groups is 1. The molecule has 0 aliphatic rings. The molecule has 0 unspecified atom stereocenters. The smallest absolute Gasteiger partial charge is 0.331 e. The van der Waals surface area contributed by atoms with Crippen molar-refractivity contribution in [3.05, 3.63) is 80.9 Å². The number of aryl methyl sites for hydroxylation is 2. The van der Waals surface area contributed by atoms with Gasteiger partial charge in [-0.3, -0.25) is 14.9 Å². The van der Waals surface area contributed by atoms with E-state index in [1.807, 2.05) is 26.0 Å². The lowest BCUT2D eigenvalue weighted by Crippen LogP contribution is -2.13. The number of hydrogen-bond acceptors (Lipinski definition) is 5. The molecule has 0 atom stereocenters. The Hall–Kier alpha value is -3.28. The van der Waals surface area contributed by atoms with Crippen molar-refractivity contribution in [2.75, 3.05) is 6.61 Å². The minimum atomic E-state index is -0.740. The van der Waals surface area contributed by atoms with Gasteiger partial charge >= 0.3 is 5.97 Å². The number of ether oxygens (including phenoxy) is 1. The number of Topliss-reactive ketones (excluding diaryl/α,β-unsaturated/α-hetero) is 1. The Labute approximate surface area is 144 Å². The molecule has 0 aliphatic carbocycles. The summed E-state index contributed by atoms with van der Waals surface area (Å²) in [4.78, 5) is 34.2. The highest BCUT2D eigenvalue weighted by Crippen LogP contribution is 2.19. The van der Waals surface area contributed by atoms with Crippen LogP contribution in [0.15, 0.2) is 48.5 Å². The predicted octanol–water partition coefficient (Wildman–Crippen LogP) is 3.65. The van der Waals surface area contributed by atoms with Crippen LogP contribution in [-0.4, -0.2) is 23.3 Å². The number of carbonyl (C=O) groups is 2. The summed E-state index contributed by atoms with van der Waals surface area (Å²) in [6.45, 7) is 3.36. The van der Waals surface area contributed by atoms with Gasteiger partial charge in [0, 0.05) is 17.7 Å². The summed E-state index contributed by atoms with van der Waals surface area (Å²) in [5, 5.41) is 10.9. The first kappa shape index (κ1) is 18.1. The number of benzene rings is 2. The summed E-state index contributed by atoms with van der Waals surface area (Å²) in [6, 6.07) is 11.4. The van der Waals surface area contributed by atoms with E-state index in [-0.39, 0.29) is 23.6 Å². The number of ketones is 1. The van der Waals surface area contributed by atoms with Gasteiger partial charge in [0.25, 0.3) is 5.69 Å². The van der Waals surface area contributed by atoms with E-state index in [0.717, 1.165) is 17.2 Å². The van der Waals surface area contributed by atoms with E-state index in [1.54, 1.807) is 12.1 Å². The van der Waals surface area contributed by atoms with Crippen LogP contribution in [-0.2, 0) is 9.53 Å². The van der Waals surface area contributed by atoms with E-state index in [4.69, 9.17) is 4.74 Å². The van der Waals surface area contributed by atoms with E-state index in [9.17, 15) is 19.7 Å². The molecule has 0 amide bonds. The van der Waals surface area contributed by atoms with Crippen molar-refractivity contribution in [2.45, 2.75) is 13.8 Å². The molecule has 0 radical (unpaired) electrons. The van der Waals surface area contributed by atoms with Gasteiger partial charge in [-0.15, -0.1) is 0 Å². The van der Waals surface area contributed by atoms with E-state index >= 15 is 0 Å². The largest absolute Gasteiger partial charge is 0.454 e. The summed E-state index contributed by atoms with van der Waals surface area (Å²) in [6.07, 6.45) is 2.36. The first-order chi connectivity index (χ1) is 11.9. The molecule has 6 nitrogen and oxygen atoms in total. The molecular weight excluding hydrogens is 322 g/mol. The summed E-state index contributed by atoms with van der Waals surface area (Å²) >= 11 is 0. The van der Waals surface area contributed by atoms with Gasteiger partial charge in [0.2, 0.25) is 5.78 Å². The Kier molecular flexibility index (Phi) is 5.79. The first-order valence-corrected chi connectivity index (χ1v) is 7.57. The maximum atomic E-state index is 12.1. The van der Waals surface area contributed by atoms with Gasteiger partial charge in [-0.25, -0.2) is 4.79 Å². The van der Waals surface area contributed by atoms with Crippen LogP contribution >= 0.6 is 0 Å². The third-order valence-corrected chi connectivity index (χ3v) is 3.56. The predicted molar refractivity (Wildman–Crippen MR) is 93.3 cm³/mol. The van der Waals surface area contributed by atoms with Crippen molar-refractivity contribution in [1.29, 1.82) is 0 Å². The van der Waals surface area contributed by atoms with Crippen LogP contribution in [0.4, 0.5) is 5.69 Å². The Morgan fingerprint density at radius 3 is 2.56 bits per heavy atom. The second kappa shape index (κ2) is 8.01. The molecule has 0 fully saturated rings. The van der Waals surface area contributed by atoms with Crippen molar-refractivity contribution >= 4 is 23.5 Å². The highest BCUT2D eigenvalue weighted by Gasteiger charge is 2.12. The van der Waals surface area contributed by atoms with Crippen molar-refractivity contribution in [3.63, 3.8) is 0 Å². The van der Waals surface area contributed by atoms with E-state index in [0.29, 0.717) is 5.56 Å². The molecule has 2 rings (SSSR count). The van der Waals surface area contributed by atoms with Gasteiger partial charge in [0.1, 0.15) is 0 Å². The number of hydrogen-bond donors (Lipinski definition) is 0. The van der Waals surface area contributed by atoms with Crippen LogP contribution in [0.5, 0.6) is 0 Å². The van der Waals surface area contributed by atoms with Gasteiger partial charge in [0.05, 0.1) is 10.5 Å². The Balaban J connectivity index is 1.99. The molecule has 6 heteroatoms. The molecule has 128 valence electrons. The molecule has 0 aromatic heterocycles. The number of esters is 1. The van der Waals surface area contributed by atoms with Crippen molar-refractivity contribution in [3.8, 4) is 0 Å². The molecule has 2 aromatic carbocycles. The summed E-state index contributed by atoms with van der Waals surface area (Å²) < 4.78 is 4.92. The third-order valence-electron chi connectivity index (χ3n) is 3.56. The average molecular weight is 339 g/mol. The molecule has 25 heavy (non-hydrogen) atoms. The minimum Gasteiger partial charge on any atom is -0.454 e. The SMILES string of the molecule is Cc1ccc(C(=O)COC(=O)/C=C/c2ccccc2[N+](=O)[O-])c(C)c1. The van der Waals surface area contributed by atoms with Gasteiger partial charge in [-0.1, -0.05) is 35.9 Å². The van der Waals surface area contributed by atoms with Crippen molar-refractivity contribution in [2.24, 2.45) is 0 Å². The van der Waals surface area contributed by atoms with Gasteiger partial charge in [0.15, 0.2) is 6.61 Å². The molecule has 0 spiro atoms. The van der Waals surface area contributed by atoms with Crippen LogP contribution in [0.2, 0.25) is 0 Å². The van der Waals surface area contributed by atoms with E-state index in [1.165, 1.54) is 24.3 Å². The molecule has 0 saturated carbocycles. The standard InChI is InChI=1S/C19H17NO5/c1-13-7-9-16(14(2)11-13)18(21)12-25-19(22)10-8-15-5-3-4-6-17(15)20(23)24/h3-11H,12H2,1-2H3/b10-8+. The van der Waals surface area contributed by atoms with Crippen LogP contribution in [0, 0.1) is 24.0 Å². The second-order valence-corrected chi connectivity index (χ2v) is 5.50. The fourth-order valence-corrected chi connectivity index (χ4v) is 2.34. The Morgan fingerprint density at radius 1 is 1.16 bits per heavy atom. The Morgan fingerprint density at radius 2 is 1.88 bits per heavy atom. The molecule has 2 aromatic rings. The highest BCUT2D eigenvalue weighted by molar-refractivity contribution is 6.00. The molecular formula is C19H17NO5. The topological polar surface area (TPSA) is 86.5 Å². The van der Waals surface area contributed by atoms with Gasteiger partial charge < -0.3 is 4.74 Å². The second-order valence-electron chi connectivity index (χ2n) is 5.50. The zero-order valence-corrected chi connectivity index (χ0v) is 13.9. The number of carbonyl (C=O) groups excluding carboxylic acids is 2. The van der Waals surface area contributed by atoms with Crippen LogP contribution in [0.3, 0.4) is 0 Å². The average Bonchev–Trinajstić information content (AvgIpc) is 2.58. The normalized spacial score (nSPS) is 10.6. The molecule has 0 bridgehead atoms. The molecule has 0 saturated heterocycles. The van der Waals surface area contributed by atoms with E-state index in [2.05, 4.69) is 0 Å². The fraction of sp³-hybridized carbons (Fsp3) is 0.158. The van der Waals surface area contributed by atoms with Crippen LogP contribution < -0.4 is 0 Å². The number of para-hydroxylation sites is 1.